The molecular weight excluding hydrogens is 382 g/mol. The molecule has 2 aromatic rings. The van der Waals surface area contributed by atoms with Gasteiger partial charge in [0.2, 0.25) is 5.91 Å². The fourth-order valence-electron chi connectivity index (χ4n) is 3.89. The fourth-order valence-corrected chi connectivity index (χ4v) is 4.02. The Kier molecular flexibility index (Phi) is 7.33. The van der Waals surface area contributed by atoms with Crippen LogP contribution in [0.15, 0.2) is 42.5 Å². The molecule has 1 saturated heterocycles. The van der Waals surface area contributed by atoms with E-state index >= 15 is 0 Å². The monoisotopic (exact) mass is 413 g/mol. The third kappa shape index (κ3) is 5.59. The van der Waals surface area contributed by atoms with Crippen LogP contribution in [0.4, 0.5) is 5.69 Å². The topological polar surface area (TPSA) is 35.6 Å². The molecule has 156 valence electrons. The van der Waals surface area contributed by atoms with Gasteiger partial charge in [-0.3, -0.25) is 14.6 Å². The third-order valence-corrected chi connectivity index (χ3v) is 6.08. The molecule has 1 N–H and O–H groups in total. The first-order valence-electron chi connectivity index (χ1n) is 10.5. The molecule has 0 aliphatic carbocycles. The van der Waals surface area contributed by atoms with Crippen molar-refractivity contribution in [2.75, 3.05) is 31.5 Å². The Bertz CT molecular complexity index is 827. The molecule has 0 saturated carbocycles. The van der Waals surface area contributed by atoms with Crippen LogP contribution in [-0.2, 0) is 11.3 Å². The number of rotatable bonds is 6. The number of amides is 1. The zero-order chi connectivity index (χ0) is 21.0. The standard InChI is InChI=1S/C24H32ClN3O/c1-17(2)22-7-5-6-18(3)23(22)26-24(29)19(4)28-14-12-27(13-15-28)16-20-8-10-21(25)11-9-20/h5-11,17,19H,12-16H2,1-4H3,(H,26,29)/t19-/m0/s1. The van der Waals surface area contributed by atoms with E-state index < -0.39 is 0 Å². The molecule has 1 aliphatic rings. The molecule has 1 aliphatic heterocycles. The molecule has 5 heteroatoms. The summed E-state index contributed by atoms with van der Waals surface area (Å²) in [5, 5.41) is 3.98. The van der Waals surface area contributed by atoms with E-state index in [1.165, 1.54) is 11.1 Å². The molecule has 4 nitrogen and oxygen atoms in total. The summed E-state index contributed by atoms with van der Waals surface area (Å²) in [6.07, 6.45) is 0. The van der Waals surface area contributed by atoms with Gasteiger partial charge in [-0.25, -0.2) is 0 Å². The number of para-hydroxylation sites is 1. The van der Waals surface area contributed by atoms with Crippen LogP contribution < -0.4 is 5.32 Å². The number of piperazine rings is 1. The predicted octanol–water partition coefficient (Wildman–Crippen LogP) is 4.92. The maximum Gasteiger partial charge on any atom is 0.241 e. The van der Waals surface area contributed by atoms with E-state index in [0.29, 0.717) is 5.92 Å². The predicted molar refractivity (Wildman–Crippen MR) is 122 cm³/mol. The average Bonchev–Trinajstić information content (AvgIpc) is 2.71. The first-order valence-corrected chi connectivity index (χ1v) is 10.8. The van der Waals surface area contributed by atoms with Gasteiger partial charge in [-0.05, 0) is 48.6 Å². The van der Waals surface area contributed by atoms with Gasteiger partial charge in [-0.2, -0.15) is 0 Å². The van der Waals surface area contributed by atoms with E-state index in [1.54, 1.807) is 0 Å². The summed E-state index contributed by atoms with van der Waals surface area (Å²) in [6, 6.07) is 14.1. The van der Waals surface area contributed by atoms with Crippen LogP contribution in [0.3, 0.4) is 0 Å². The molecule has 1 amide bonds. The van der Waals surface area contributed by atoms with Gasteiger partial charge in [0.1, 0.15) is 0 Å². The van der Waals surface area contributed by atoms with Gasteiger partial charge >= 0.3 is 0 Å². The molecule has 0 bridgehead atoms. The second kappa shape index (κ2) is 9.75. The second-order valence-electron chi connectivity index (χ2n) is 8.30. The number of aryl methyl sites for hydroxylation is 1. The van der Waals surface area contributed by atoms with E-state index in [0.717, 1.165) is 49.0 Å². The van der Waals surface area contributed by atoms with Gasteiger partial charge in [-0.1, -0.05) is 55.8 Å². The highest BCUT2D eigenvalue weighted by atomic mass is 35.5. The van der Waals surface area contributed by atoms with Crippen LogP contribution >= 0.6 is 11.6 Å². The van der Waals surface area contributed by atoms with Crippen molar-refractivity contribution in [2.45, 2.75) is 46.2 Å². The lowest BCUT2D eigenvalue weighted by Crippen LogP contribution is -2.52. The van der Waals surface area contributed by atoms with Crippen molar-refractivity contribution in [3.63, 3.8) is 0 Å². The molecule has 0 radical (unpaired) electrons. The van der Waals surface area contributed by atoms with Crippen LogP contribution in [0.2, 0.25) is 5.02 Å². The van der Waals surface area contributed by atoms with Crippen molar-refractivity contribution >= 4 is 23.2 Å². The normalized spacial score (nSPS) is 16.8. The number of hydrogen-bond acceptors (Lipinski definition) is 3. The lowest BCUT2D eigenvalue weighted by Gasteiger charge is -2.37. The summed E-state index contributed by atoms with van der Waals surface area (Å²) >= 11 is 5.97. The van der Waals surface area contributed by atoms with Gasteiger partial charge < -0.3 is 5.32 Å². The van der Waals surface area contributed by atoms with Crippen molar-refractivity contribution in [2.24, 2.45) is 0 Å². The first kappa shape index (κ1) is 21.8. The lowest BCUT2D eigenvalue weighted by molar-refractivity contribution is -0.121. The Morgan fingerprint density at radius 2 is 1.69 bits per heavy atom. The summed E-state index contributed by atoms with van der Waals surface area (Å²) in [6.45, 7) is 13.0. The molecule has 0 aromatic heterocycles. The van der Waals surface area contributed by atoms with Gasteiger partial charge in [0.05, 0.1) is 6.04 Å². The minimum Gasteiger partial charge on any atom is -0.324 e. The smallest absolute Gasteiger partial charge is 0.241 e. The molecular formula is C24H32ClN3O. The average molecular weight is 414 g/mol. The van der Waals surface area contributed by atoms with Crippen LogP contribution in [0.1, 0.15) is 43.4 Å². The lowest BCUT2D eigenvalue weighted by atomic mass is 9.98. The largest absolute Gasteiger partial charge is 0.324 e. The highest BCUT2D eigenvalue weighted by Gasteiger charge is 2.26. The Morgan fingerprint density at radius 1 is 1.03 bits per heavy atom. The molecule has 29 heavy (non-hydrogen) atoms. The highest BCUT2D eigenvalue weighted by Crippen LogP contribution is 2.27. The van der Waals surface area contributed by atoms with E-state index in [-0.39, 0.29) is 11.9 Å². The summed E-state index contributed by atoms with van der Waals surface area (Å²) in [5.41, 5.74) is 4.55. The number of halogens is 1. The Morgan fingerprint density at radius 3 is 2.31 bits per heavy atom. The van der Waals surface area contributed by atoms with Crippen LogP contribution in [0.25, 0.3) is 0 Å². The van der Waals surface area contributed by atoms with Crippen molar-refractivity contribution < 1.29 is 4.79 Å². The summed E-state index contributed by atoms with van der Waals surface area (Å²) in [7, 11) is 0. The van der Waals surface area contributed by atoms with Crippen molar-refractivity contribution in [3.8, 4) is 0 Å². The minimum absolute atomic E-state index is 0.0763. The van der Waals surface area contributed by atoms with Crippen molar-refractivity contribution in [1.29, 1.82) is 0 Å². The van der Waals surface area contributed by atoms with Gasteiger partial charge in [0, 0.05) is 43.4 Å². The second-order valence-corrected chi connectivity index (χ2v) is 8.73. The van der Waals surface area contributed by atoms with E-state index in [4.69, 9.17) is 11.6 Å². The Balaban J connectivity index is 1.56. The maximum absolute atomic E-state index is 13.0. The third-order valence-electron chi connectivity index (χ3n) is 5.83. The summed E-state index contributed by atoms with van der Waals surface area (Å²) < 4.78 is 0. The fraction of sp³-hybridized carbons (Fsp3) is 0.458. The van der Waals surface area contributed by atoms with Gasteiger partial charge in [-0.15, -0.1) is 0 Å². The zero-order valence-electron chi connectivity index (χ0n) is 17.9. The van der Waals surface area contributed by atoms with Crippen molar-refractivity contribution in [1.82, 2.24) is 9.80 Å². The molecule has 0 unspecified atom stereocenters. The highest BCUT2D eigenvalue weighted by molar-refractivity contribution is 6.30. The van der Waals surface area contributed by atoms with E-state index in [2.05, 4.69) is 66.2 Å². The van der Waals surface area contributed by atoms with Crippen LogP contribution in [0, 0.1) is 6.92 Å². The number of nitrogens with one attached hydrogen (secondary N) is 1. The molecule has 2 aromatic carbocycles. The number of anilines is 1. The van der Waals surface area contributed by atoms with Gasteiger partial charge in [0.25, 0.3) is 0 Å². The Labute approximate surface area is 179 Å². The summed E-state index contributed by atoms with van der Waals surface area (Å²) in [4.78, 5) is 17.7. The zero-order valence-corrected chi connectivity index (χ0v) is 18.7. The SMILES string of the molecule is Cc1cccc(C(C)C)c1NC(=O)[C@H](C)N1CCN(Cc2ccc(Cl)cc2)CC1. The first-order chi connectivity index (χ1) is 13.8. The number of hydrogen-bond donors (Lipinski definition) is 1. The molecule has 1 fully saturated rings. The van der Waals surface area contributed by atoms with Crippen LogP contribution in [0.5, 0.6) is 0 Å². The molecule has 0 spiro atoms. The quantitative estimate of drug-likeness (QED) is 0.730. The number of carbonyl (C=O) groups excluding carboxylic acids is 1. The van der Waals surface area contributed by atoms with Crippen LogP contribution in [-0.4, -0.2) is 47.9 Å². The van der Waals surface area contributed by atoms with E-state index in [1.807, 2.05) is 19.1 Å². The minimum atomic E-state index is -0.146. The van der Waals surface area contributed by atoms with Crippen molar-refractivity contribution in [3.05, 3.63) is 64.2 Å². The molecule has 3 rings (SSSR count). The number of carbonyl (C=O) groups is 1. The maximum atomic E-state index is 13.0. The van der Waals surface area contributed by atoms with E-state index in [9.17, 15) is 4.79 Å². The molecule has 1 heterocycles. The number of nitrogens with zero attached hydrogens (tertiary/aromatic N) is 2. The van der Waals surface area contributed by atoms with Gasteiger partial charge in [0.15, 0.2) is 0 Å². The molecule has 1 atom stereocenters. The Hall–Kier alpha value is -1.88. The number of benzene rings is 2. The summed E-state index contributed by atoms with van der Waals surface area (Å²) in [5.74, 6) is 0.448.